The summed E-state index contributed by atoms with van der Waals surface area (Å²) in [6.45, 7) is 0. The van der Waals surface area contributed by atoms with Gasteiger partial charge in [-0.15, -0.1) is 0 Å². The van der Waals surface area contributed by atoms with E-state index in [1.165, 1.54) is 10.8 Å². The second-order valence-electron chi connectivity index (χ2n) is 6.38. The van der Waals surface area contributed by atoms with Crippen molar-refractivity contribution in [2.24, 2.45) is 0 Å². The Balaban J connectivity index is 1.96. The maximum Gasteiger partial charge on any atom is 0.157 e. The number of rotatable bonds is 0. The molecule has 116 valence electrons. The van der Waals surface area contributed by atoms with E-state index in [-0.39, 0.29) is 0 Å². The number of benzene rings is 4. The monoisotopic (exact) mass is 319 g/mol. The number of aromatic amines is 1. The number of nitrogens with zero attached hydrogens (tertiary/aromatic N) is 2. The van der Waals surface area contributed by atoms with Gasteiger partial charge in [0.05, 0.1) is 11.0 Å². The van der Waals surface area contributed by atoms with E-state index < -0.39 is 0 Å². The highest BCUT2D eigenvalue weighted by Crippen LogP contribution is 2.34. The van der Waals surface area contributed by atoms with E-state index in [4.69, 9.17) is 9.97 Å². The van der Waals surface area contributed by atoms with Crippen LogP contribution >= 0.6 is 0 Å². The molecule has 0 amide bonds. The molecule has 0 spiro atoms. The molecular weight excluding hydrogens is 306 g/mol. The highest BCUT2D eigenvalue weighted by Gasteiger charge is 2.14. The second kappa shape index (κ2) is 4.54. The van der Waals surface area contributed by atoms with E-state index in [0.29, 0.717) is 0 Å². The fraction of sp³-hybridized carbons (Fsp3) is 0. The van der Waals surface area contributed by atoms with Gasteiger partial charge in [0.25, 0.3) is 0 Å². The van der Waals surface area contributed by atoms with Crippen molar-refractivity contribution in [3.8, 4) is 0 Å². The summed E-state index contributed by atoms with van der Waals surface area (Å²) >= 11 is 0. The van der Waals surface area contributed by atoms with Crippen molar-refractivity contribution in [3.63, 3.8) is 0 Å². The molecule has 4 aromatic carbocycles. The zero-order valence-corrected chi connectivity index (χ0v) is 13.3. The molecule has 6 aromatic rings. The minimum Gasteiger partial charge on any atom is -0.338 e. The lowest BCUT2D eigenvalue weighted by molar-refractivity contribution is 1.37. The quantitative estimate of drug-likeness (QED) is 0.372. The van der Waals surface area contributed by atoms with Crippen LogP contribution in [0.15, 0.2) is 72.8 Å². The van der Waals surface area contributed by atoms with Crippen LogP contribution in [0.1, 0.15) is 0 Å². The molecule has 0 atom stereocenters. The zero-order valence-electron chi connectivity index (χ0n) is 13.3. The van der Waals surface area contributed by atoms with Gasteiger partial charge in [-0.05, 0) is 16.8 Å². The van der Waals surface area contributed by atoms with E-state index in [2.05, 4.69) is 65.6 Å². The van der Waals surface area contributed by atoms with Gasteiger partial charge in [-0.2, -0.15) is 0 Å². The summed E-state index contributed by atoms with van der Waals surface area (Å²) in [6, 6.07) is 25.1. The van der Waals surface area contributed by atoms with Gasteiger partial charge in [0.15, 0.2) is 5.65 Å². The predicted molar refractivity (Wildman–Crippen MR) is 104 cm³/mol. The molecule has 0 aliphatic carbocycles. The SMILES string of the molecule is c1ccc2c(c1)[nH]c1nc3c4ccccc4c4ccccc4c3nc12. The highest BCUT2D eigenvalue weighted by atomic mass is 14.9. The summed E-state index contributed by atoms with van der Waals surface area (Å²) in [5, 5.41) is 5.85. The van der Waals surface area contributed by atoms with Gasteiger partial charge in [-0.25, -0.2) is 9.97 Å². The summed E-state index contributed by atoms with van der Waals surface area (Å²) in [5.41, 5.74) is 4.76. The summed E-state index contributed by atoms with van der Waals surface area (Å²) < 4.78 is 0. The van der Waals surface area contributed by atoms with E-state index in [1.54, 1.807) is 0 Å². The van der Waals surface area contributed by atoms with Gasteiger partial charge in [-0.3, -0.25) is 0 Å². The molecule has 6 rings (SSSR count). The van der Waals surface area contributed by atoms with Crippen molar-refractivity contribution < 1.29 is 0 Å². The molecule has 2 heterocycles. The second-order valence-corrected chi connectivity index (χ2v) is 6.38. The molecule has 0 unspecified atom stereocenters. The normalized spacial score (nSPS) is 12.0. The fourth-order valence-corrected chi connectivity index (χ4v) is 3.86. The molecule has 3 nitrogen and oxygen atoms in total. The summed E-state index contributed by atoms with van der Waals surface area (Å²) in [4.78, 5) is 13.4. The number of hydrogen-bond donors (Lipinski definition) is 1. The Morgan fingerprint density at radius 2 is 1.00 bits per heavy atom. The van der Waals surface area contributed by atoms with Crippen LogP contribution in [0.3, 0.4) is 0 Å². The molecule has 3 heteroatoms. The van der Waals surface area contributed by atoms with Crippen LogP contribution in [-0.2, 0) is 0 Å². The number of nitrogens with one attached hydrogen (secondary N) is 1. The molecule has 0 saturated carbocycles. The first-order chi connectivity index (χ1) is 12.4. The van der Waals surface area contributed by atoms with Crippen LogP contribution in [0.25, 0.3) is 54.6 Å². The molecular formula is C22H13N3. The molecule has 25 heavy (non-hydrogen) atoms. The molecule has 1 N–H and O–H groups in total. The maximum atomic E-state index is 5.05. The summed E-state index contributed by atoms with van der Waals surface area (Å²) in [5.74, 6) is 0. The first-order valence-corrected chi connectivity index (χ1v) is 8.38. The lowest BCUT2D eigenvalue weighted by atomic mass is 9.99. The first-order valence-electron chi connectivity index (χ1n) is 8.38. The number of aromatic nitrogens is 3. The standard InChI is InChI=1S/C22H13N3/c1-3-9-15-13(7-1)14-8-2-4-10-16(14)20-19(15)24-21-17-11-5-6-12-18(17)23-22(21)25-20/h1-12H,(H,23,25). The van der Waals surface area contributed by atoms with Crippen molar-refractivity contribution in [1.82, 2.24) is 15.0 Å². The van der Waals surface area contributed by atoms with Gasteiger partial charge < -0.3 is 4.98 Å². The van der Waals surface area contributed by atoms with Crippen LogP contribution in [-0.4, -0.2) is 15.0 Å². The molecule has 2 aromatic heterocycles. The Morgan fingerprint density at radius 1 is 0.480 bits per heavy atom. The minimum absolute atomic E-state index is 0.842. The Kier molecular flexibility index (Phi) is 2.35. The first kappa shape index (κ1) is 12.9. The number of fused-ring (bicyclic) bond motifs is 9. The summed E-state index contributed by atoms with van der Waals surface area (Å²) in [7, 11) is 0. The van der Waals surface area contributed by atoms with E-state index in [9.17, 15) is 0 Å². The third-order valence-electron chi connectivity index (χ3n) is 4.99. The summed E-state index contributed by atoms with van der Waals surface area (Å²) in [6.07, 6.45) is 0. The topological polar surface area (TPSA) is 41.6 Å². The van der Waals surface area contributed by atoms with Gasteiger partial charge in [0, 0.05) is 21.7 Å². The van der Waals surface area contributed by atoms with Crippen LogP contribution in [0, 0.1) is 0 Å². The fourth-order valence-electron chi connectivity index (χ4n) is 3.86. The average Bonchev–Trinajstić information content (AvgIpc) is 3.04. The lowest BCUT2D eigenvalue weighted by Crippen LogP contribution is -1.90. The average molecular weight is 319 g/mol. The van der Waals surface area contributed by atoms with Crippen molar-refractivity contribution in [2.45, 2.75) is 0 Å². The highest BCUT2D eigenvalue weighted by molar-refractivity contribution is 6.24. The Hall–Kier alpha value is -3.46. The van der Waals surface area contributed by atoms with Crippen molar-refractivity contribution in [1.29, 1.82) is 0 Å². The largest absolute Gasteiger partial charge is 0.338 e. The van der Waals surface area contributed by atoms with Crippen LogP contribution in [0.2, 0.25) is 0 Å². The predicted octanol–water partition coefficient (Wildman–Crippen LogP) is 5.57. The van der Waals surface area contributed by atoms with E-state index >= 15 is 0 Å². The molecule has 0 saturated heterocycles. The van der Waals surface area contributed by atoms with Crippen LogP contribution in [0.5, 0.6) is 0 Å². The third kappa shape index (κ3) is 1.64. The molecule has 0 aliphatic heterocycles. The van der Waals surface area contributed by atoms with Crippen molar-refractivity contribution >= 4 is 54.6 Å². The number of para-hydroxylation sites is 1. The van der Waals surface area contributed by atoms with Crippen LogP contribution < -0.4 is 0 Å². The van der Waals surface area contributed by atoms with E-state index in [0.717, 1.165) is 43.9 Å². The molecule has 0 radical (unpaired) electrons. The van der Waals surface area contributed by atoms with Crippen molar-refractivity contribution in [3.05, 3.63) is 72.8 Å². The lowest BCUT2D eigenvalue weighted by Gasteiger charge is -2.08. The molecule has 0 aliphatic rings. The molecule has 0 fully saturated rings. The third-order valence-corrected chi connectivity index (χ3v) is 4.99. The van der Waals surface area contributed by atoms with Gasteiger partial charge in [0.2, 0.25) is 0 Å². The van der Waals surface area contributed by atoms with Gasteiger partial charge >= 0.3 is 0 Å². The Labute approximate surface area is 142 Å². The minimum atomic E-state index is 0.842. The maximum absolute atomic E-state index is 5.05. The van der Waals surface area contributed by atoms with Gasteiger partial charge in [0.1, 0.15) is 5.52 Å². The zero-order chi connectivity index (χ0) is 16.4. The number of H-pyrrole nitrogens is 1. The van der Waals surface area contributed by atoms with Crippen molar-refractivity contribution in [2.75, 3.05) is 0 Å². The van der Waals surface area contributed by atoms with Crippen LogP contribution in [0.4, 0.5) is 0 Å². The number of hydrogen-bond acceptors (Lipinski definition) is 2. The van der Waals surface area contributed by atoms with E-state index in [1.807, 2.05) is 12.1 Å². The Bertz CT molecular complexity index is 1440. The van der Waals surface area contributed by atoms with Gasteiger partial charge in [-0.1, -0.05) is 66.7 Å². The Morgan fingerprint density at radius 3 is 1.68 bits per heavy atom. The molecule has 0 bridgehead atoms. The smallest absolute Gasteiger partial charge is 0.157 e.